The Morgan fingerprint density at radius 1 is 1.09 bits per heavy atom. The third-order valence-electron chi connectivity index (χ3n) is 3.90. The summed E-state index contributed by atoms with van der Waals surface area (Å²) in [4.78, 5) is 14.1. The summed E-state index contributed by atoms with van der Waals surface area (Å²) in [6, 6.07) is 18.4. The summed E-state index contributed by atoms with van der Waals surface area (Å²) in [6.45, 7) is 6.93. The van der Waals surface area contributed by atoms with Crippen molar-refractivity contribution in [3.8, 4) is 0 Å². The first kappa shape index (κ1) is 17.1. The van der Waals surface area contributed by atoms with Gasteiger partial charge in [-0.3, -0.25) is 4.90 Å². The van der Waals surface area contributed by atoms with Gasteiger partial charge in [0.2, 0.25) is 0 Å². The second-order valence-corrected chi connectivity index (χ2v) is 5.15. The maximum Gasteiger partial charge on any atom is 0.410 e. The third kappa shape index (κ3) is 3.73. The fraction of sp³-hybridized carbons (Fsp3) is 0.350. The molecule has 0 saturated heterocycles. The number of amides is 1. The molecule has 0 bridgehead atoms. The summed E-state index contributed by atoms with van der Waals surface area (Å²) in [7, 11) is 0. The number of carbonyl (C=O) groups is 1. The first-order valence-electron chi connectivity index (χ1n) is 8.37. The van der Waals surface area contributed by atoms with E-state index in [-0.39, 0.29) is 12.1 Å². The molecule has 122 valence electrons. The van der Waals surface area contributed by atoms with E-state index in [4.69, 9.17) is 4.74 Å². The van der Waals surface area contributed by atoms with Crippen molar-refractivity contribution in [1.82, 2.24) is 4.90 Å². The Kier molecular flexibility index (Phi) is 6.21. The molecule has 0 aromatic heterocycles. The van der Waals surface area contributed by atoms with E-state index in [0.717, 1.165) is 12.0 Å². The lowest BCUT2D eigenvalue weighted by Gasteiger charge is -2.36. The minimum absolute atomic E-state index is 0.0600. The van der Waals surface area contributed by atoms with Crippen LogP contribution in [0.3, 0.4) is 0 Å². The zero-order chi connectivity index (χ0) is 16.7. The zero-order valence-corrected chi connectivity index (χ0v) is 14.2. The standard InChI is InChI=1S/C18H19NO2.C2H6/c1-2-21-18(20)19-13-12-14-8-6-7-11-16(14)17(19)15-9-4-3-5-10-15;1-2/h3-11,17H,2,12-13H2,1H3;1-2H3. The molecule has 23 heavy (non-hydrogen) atoms. The summed E-state index contributed by atoms with van der Waals surface area (Å²) in [5, 5.41) is 0. The van der Waals surface area contributed by atoms with Crippen molar-refractivity contribution in [3.05, 3.63) is 71.3 Å². The number of carbonyl (C=O) groups excluding carboxylic acids is 1. The molecule has 1 aliphatic heterocycles. The van der Waals surface area contributed by atoms with E-state index in [1.54, 1.807) is 0 Å². The van der Waals surface area contributed by atoms with Crippen LogP contribution in [0, 0.1) is 0 Å². The van der Waals surface area contributed by atoms with Crippen molar-refractivity contribution in [2.45, 2.75) is 33.2 Å². The van der Waals surface area contributed by atoms with Gasteiger partial charge >= 0.3 is 6.09 Å². The van der Waals surface area contributed by atoms with E-state index < -0.39 is 0 Å². The molecular formula is C20H25NO2. The van der Waals surface area contributed by atoms with Gasteiger partial charge in [0.15, 0.2) is 0 Å². The van der Waals surface area contributed by atoms with Crippen LogP contribution >= 0.6 is 0 Å². The molecule has 2 aromatic carbocycles. The lowest BCUT2D eigenvalue weighted by molar-refractivity contribution is 0.0937. The molecule has 1 atom stereocenters. The highest BCUT2D eigenvalue weighted by Gasteiger charge is 2.32. The number of benzene rings is 2. The third-order valence-corrected chi connectivity index (χ3v) is 3.90. The lowest BCUT2D eigenvalue weighted by atomic mass is 9.88. The summed E-state index contributed by atoms with van der Waals surface area (Å²) in [5.74, 6) is 0. The Labute approximate surface area is 138 Å². The Balaban J connectivity index is 0.000000924. The normalized spacial score (nSPS) is 16.0. The van der Waals surface area contributed by atoms with Crippen LogP contribution in [0.4, 0.5) is 4.79 Å². The molecule has 0 aliphatic carbocycles. The Morgan fingerprint density at radius 2 is 1.74 bits per heavy atom. The van der Waals surface area contributed by atoms with E-state index >= 15 is 0 Å². The predicted molar refractivity (Wildman–Crippen MR) is 93.5 cm³/mol. The fourth-order valence-electron chi connectivity index (χ4n) is 2.96. The number of hydrogen-bond acceptors (Lipinski definition) is 2. The zero-order valence-electron chi connectivity index (χ0n) is 14.2. The Bertz CT molecular complexity index is 625. The number of ether oxygens (including phenoxy) is 1. The maximum absolute atomic E-state index is 12.3. The average molecular weight is 311 g/mol. The first-order chi connectivity index (χ1) is 11.3. The van der Waals surface area contributed by atoms with Crippen molar-refractivity contribution >= 4 is 6.09 Å². The molecule has 3 heteroatoms. The van der Waals surface area contributed by atoms with Crippen LogP contribution in [-0.4, -0.2) is 24.1 Å². The molecule has 0 fully saturated rings. The van der Waals surface area contributed by atoms with Crippen LogP contribution in [0.1, 0.15) is 43.5 Å². The van der Waals surface area contributed by atoms with Gasteiger partial charge in [-0.1, -0.05) is 68.4 Å². The smallest absolute Gasteiger partial charge is 0.410 e. The Hall–Kier alpha value is -2.29. The molecule has 2 aromatic rings. The highest BCUT2D eigenvalue weighted by atomic mass is 16.6. The van der Waals surface area contributed by atoms with Crippen molar-refractivity contribution in [2.75, 3.05) is 13.2 Å². The summed E-state index contributed by atoms with van der Waals surface area (Å²) in [5.41, 5.74) is 3.63. The van der Waals surface area contributed by atoms with Crippen LogP contribution in [-0.2, 0) is 11.2 Å². The number of rotatable bonds is 2. The van der Waals surface area contributed by atoms with Crippen LogP contribution < -0.4 is 0 Å². The molecule has 1 amide bonds. The Morgan fingerprint density at radius 3 is 2.43 bits per heavy atom. The van der Waals surface area contributed by atoms with Gasteiger partial charge in [0.1, 0.15) is 0 Å². The molecule has 3 rings (SSSR count). The van der Waals surface area contributed by atoms with Crippen molar-refractivity contribution in [3.63, 3.8) is 0 Å². The molecule has 0 saturated carbocycles. The topological polar surface area (TPSA) is 29.5 Å². The maximum atomic E-state index is 12.3. The average Bonchev–Trinajstić information content (AvgIpc) is 2.63. The largest absolute Gasteiger partial charge is 0.450 e. The highest BCUT2D eigenvalue weighted by molar-refractivity contribution is 5.70. The van der Waals surface area contributed by atoms with Crippen LogP contribution in [0.5, 0.6) is 0 Å². The monoisotopic (exact) mass is 311 g/mol. The van der Waals surface area contributed by atoms with E-state index in [2.05, 4.69) is 30.3 Å². The van der Waals surface area contributed by atoms with Crippen LogP contribution in [0.25, 0.3) is 0 Å². The molecule has 0 N–H and O–H groups in total. The van der Waals surface area contributed by atoms with Gasteiger partial charge in [-0.15, -0.1) is 0 Å². The second-order valence-electron chi connectivity index (χ2n) is 5.15. The number of hydrogen-bond donors (Lipinski definition) is 0. The van der Waals surface area contributed by atoms with E-state index in [1.807, 2.05) is 49.9 Å². The van der Waals surface area contributed by atoms with Gasteiger partial charge in [0.05, 0.1) is 12.6 Å². The SMILES string of the molecule is CC.CCOC(=O)N1CCc2ccccc2C1c1ccccc1. The van der Waals surface area contributed by atoms with E-state index in [0.29, 0.717) is 13.2 Å². The lowest BCUT2D eigenvalue weighted by Crippen LogP contribution is -2.40. The highest BCUT2D eigenvalue weighted by Crippen LogP contribution is 2.35. The van der Waals surface area contributed by atoms with Gasteiger partial charge in [-0.25, -0.2) is 4.79 Å². The minimum atomic E-state index is -0.235. The number of nitrogens with zero attached hydrogens (tertiary/aromatic N) is 1. The van der Waals surface area contributed by atoms with Crippen molar-refractivity contribution < 1.29 is 9.53 Å². The van der Waals surface area contributed by atoms with Gasteiger partial charge < -0.3 is 4.74 Å². The molecule has 1 unspecified atom stereocenters. The number of fused-ring (bicyclic) bond motifs is 1. The minimum Gasteiger partial charge on any atom is -0.450 e. The van der Waals surface area contributed by atoms with Crippen molar-refractivity contribution in [2.24, 2.45) is 0 Å². The molecule has 0 radical (unpaired) electrons. The van der Waals surface area contributed by atoms with Crippen molar-refractivity contribution in [1.29, 1.82) is 0 Å². The van der Waals surface area contributed by atoms with Crippen LogP contribution in [0.15, 0.2) is 54.6 Å². The fourth-order valence-corrected chi connectivity index (χ4v) is 2.96. The van der Waals surface area contributed by atoms with Gasteiger partial charge in [0, 0.05) is 6.54 Å². The molecule has 3 nitrogen and oxygen atoms in total. The molecular weight excluding hydrogens is 286 g/mol. The quantitative estimate of drug-likeness (QED) is 0.796. The van der Waals surface area contributed by atoms with E-state index in [1.165, 1.54) is 11.1 Å². The molecule has 0 spiro atoms. The van der Waals surface area contributed by atoms with Gasteiger partial charge in [0.25, 0.3) is 0 Å². The summed E-state index contributed by atoms with van der Waals surface area (Å²) < 4.78 is 5.24. The van der Waals surface area contributed by atoms with E-state index in [9.17, 15) is 4.79 Å². The first-order valence-corrected chi connectivity index (χ1v) is 8.37. The predicted octanol–water partition coefficient (Wildman–Crippen LogP) is 4.82. The van der Waals surface area contributed by atoms with Gasteiger partial charge in [-0.2, -0.15) is 0 Å². The molecule has 1 heterocycles. The second kappa shape index (κ2) is 8.37. The summed E-state index contributed by atoms with van der Waals surface area (Å²) >= 11 is 0. The van der Waals surface area contributed by atoms with Crippen LogP contribution in [0.2, 0.25) is 0 Å². The van der Waals surface area contributed by atoms with Gasteiger partial charge in [-0.05, 0) is 30.0 Å². The summed E-state index contributed by atoms with van der Waals surface area (Å²) in [6.07, 6.45) is 0.638. The molecule has 1 aliphatic rings.